The third-order valence-corrected chi connectivity index (χ3v) is 16.7. The molecule has 2 aliphatic heterocycles. The van der Waals surface area contributed by atoms with Crippen molar-refractivity contribution in [2.75, 3.05) is 6.79 Å². The molecule has 2 unspecified atom stereocenters. The second-order valence-corrected chi connectivity index (χ2v) is 18.8. The molecule has 10 rings (SSSR count). The van der Waals surface area contributed by atoms with Crippen LogP contribution in [0.4, 0.5) is 0 Å². The topological polar surface area (TPSA) is 223 Å². The fourth-order valence-electron chi connectivity index (χ4n) is 14.5. The number of aliphatic hydroxyl groups is 4. The first-order valence-corrected chi connectivity index (χ1v) is 19.2. The third kappa shape index (κ3) is 4.02. The van der Waals surface area contributed by atoms with Crippen LogP contribution in [0.5, 0.6) is 0 Å². The molecule has 0 aromatic rings. The average molecular weight is 765 g/mol. The molecule has 0 radical (unpaired) electrons. The van der Waals surface area contributed by atoms with Gasteiger partial charge in [0.25, 0.3) is 0 Å². The van der Waals surface area contributed by atoms with Crippen LogP contribution >= 0.6 is 0 Å². The van der Waals surface area contributed by atoms with Crippen molar-refractivity contribution in [2.45, 2.75) is 107 Å². The molecule has 8 aliphatic carbocycles. The number of hydrogen-bond acceptors (Lipinski definition) is 13. The van der Waals surface area contributed by atoms with Crippen molar-refractivity contribution < 1.29 is 68.5 Å². The van der Waals surface area contributed by atoms with E-state index in [0.29, 0.717) is 62.5 Å². The maximum absolute atomic E-state index is 13.4. The second kappa shape index (κ2) is 10.8. The summed E-state index contributed by atoms with van der Waals surface area (Å²) in [4.78, 5) is 62.5. The molecule has 5 N–H and O–H groups in total. The Balaban J connectivity index is 0.000000147. The van der Waals surface area contributed by atoms with Gasteiger partial charge in [-0.15, -0.1) is 0 Å². The van der Waals surface area contributed by atoms with Crippen molar-refractivity contribution in [3.05, 3.63) is 48.6 Å². The fraction of sp³-hybridized carbons (Fsp3) is 0.683. The summed E-state index contributed by atoms with van der Waals surface area (Å²) in [5.74, 6) is -6.59. The van der Waals surface area contributed by atoms with Crippen molar-refractivity contribution in [3.8, 4) is 0 Å². The van der Waals surface area contributed by atoms with Gasteiger partial charge in [0.2, 0.25) is 6.79 Å². The van der Waals surface area contributed by atoms with Crippen molar-refractivity contribution in [1.29, 1.82) is 0 Å². The second-order valence-electron chi connectivity index (χ2n) is 18.8. The standard InChI is InChI=1S/C22H26O8.C19H22O6/c1-11-8-20-9-21(11,27)6-4-13(20)22-7-5-14(24)19(3,18(26)30-22)16(22)15(20)17(25)29-10-28-12(2)23;1-9-7-17-8-18(9,24)5-3-10(17)19-6-4-11(20)16(2,15(23)25-19)13(19)12(17)14(21)22/h5,7,13-16,24,27H,1,4,6,8-10H2,2-3H3;4,6,10-13,20,24H,1,3,5,7-8H2,2H3,(H,21,22)/t13-,14+,15-,16?,19-,20+,21+,22-;10-,11+,12-,13?,16-,17+,18+,19-/m11/s1. The number of carbonyl (C=O) groups is 5. The summed E-state index contributed by atoms with van der Waals surface area (Å²) in [6.45, 7) is 12.0. The van der Waals surface area contributed by atoms with Gasteiger partial charge in [0.1, 0.15) is 22.0 Å². The number of carboxylic acids is 1. The van der Waals surface area contributed by atoms with Crippen LogP contribution < -0.4 is 0 Å². The lowest BCUT2D eigenvalue weighted by Crippen LogP contribution is -2.51. The summed E-state index contributed by atoms with van der Waals surface area (Å²) in [5, 5.41) is 53.5. The van der Waals surface area contributed by atoms with Gasteiger partial charge in [-0.2, -0.15) is 0 Å². The van der Waals surface area contributed by atoms with Crippen molar-refractivity contribution >= 4 is 29.8 Å². The first kappa shape index (κ1) is 36.8. The van der Waals surface area contributed by atoms with Crippen LogP contribution in [-0.2, 0) is 42.9 Å². The highest BCUT2D eigenvalue weighted by molar-refractivity contribution is 5.88. The van der Waals surface area contributed by atoms with Gasteiger partial charge in [0.05, 0.1) is 35.2 Å². The molecule has 8 bridgehead atoms. The van der Waals surface area contributed by atoms with Gasteiger partial charge in [0, 0.05) is 30.6 Å². The highest BCUT2D eigenvalue weighted by atomic mass is 16.7. The van der Waals surface area contributed by atoms with E-state index in [4.69, 9.17) is 18.9 Å². The first-order valence-electron chi connectivity index (χ1n) is 19.2. The molecule has 16 atom stereocenters. The molecular formula is C41H48O14. The number of aliphatic hydroxyl groups excluding tert-OH is 2. The summed E-state index contributed by atoms with van der Waals surface area (Å²) in [7, 11) is 0. The van der Waals surface area contributed by atoms with Crippen LogP contribution in [0.2, 0.25) is 0 Å². The van der Waals surface area contributed by atoms with E-state index in [0.717, 1.165) is 0 Å². The highest BCUT2D eigenvalue weighted by Crippen LogP contribution is 2.79. The molecule has 0 aromatic carbocycles. The summed E-state index contributed by atoms with van der Waals surface area (Å²) >= 11 is 0. The minimum atomic E-state index is -1.31. The van der Waals surface area contributed by atoms with E-state index in [1.807, 2.05) is 0 Å². The molecule has 8 fully saturated rings. The predicted molar refractivity (Wildman–Crippen MR) is 185 cm³/mol. The number of carboxylic acid groups (broad SMARTS) is 1. The Labute approximate surface area is 317 Å². The van der Waals surface area contributed by atoms with Gasteiger partial charge < -0.3 is 44.5 Å². The SMILES string of the molecule is C=C1C[C@]23C[C@@]1(O)CC[C@H]2[C@@]12C=C[C@H](O)[C@@](C)(C(=O)O1)C2[C@@H]3C(=O)O.C=C1C[C@]23C[C@@]1(O)CC[C@H]2[C@@]12C=C[C@H](O)[C@@](C)(C(=O)O1)C2[C@@H]3C(=O)OCOC(C)=O. The Morgan fingerprint density at radius 1 is 0.782 bits per heavy atom. The van der Waals surface area contributed by atoms with E-state index in [9.17, 15) is 49.5 Å². The van der Waals surface area contributed by atoms with E-state index >= 15 is 0 Å². The van der Waals surface area contributed by atoms with E-state index in [-0.39, 0.29) is 11.8 Å². The lowest BCUT2D eigenvalue weighted by molar-refractivity contribution is -0.177. The van der Waals surface area contributed by atoms with Crippen LogP contribution in [0.15, 0.2) is 48.6 Å². The smallest absolute Gasteiger partial charge is 0.316 e. The number of hydrogen-bond donors (Lipinski definition) is 5. The van der Waals surface area contributed by atoms with Gasteiger partial charge in [-0.1, -0.05) is 25.3 Å². The zero-order valence-electron chi connectivity index (χ0n) is 31.1. The normalized spacial score (nSPS) is 53.7. The maximum atomic E-state index is 13.4. The molecule has 10 aliphatic rings. The maximum Gasteiger partial charge on any atom is 0.316 e. The summed E-state index contributed by atoms with van der Waals surface area (Å²) < 4.78 is 22.0. The Morgan fingerprint density at radius 2 is 1.22 bits per heavy atom. The molecule has 0 amide bonds. The van der Waals surface area contributed by atoms with Crippen molar-refractivity contribution in [1.82, 2.24) is 0 Å². The lowest BCUT2D eigenvalue weighted by atomic mass is 9.61. The van der Waals surface area contributed by atoms with Gasteiger partial charge in [0.15, 0.2) is 0 Å². The van der Waals surface area contributed by atoms with E-state index in [1.54, 1.807) is 38.2 Å². The monoisotopic (exact) mass is 764 g/mol. The molecule has 2 spiro atoms. The van der Waals surface area contributed by atoms with Crippen LogP contribution in [-0.4, -0.2) is 96.8 Å². The molecule has 0 aromatic heterocycles. The van der Waals surface area contributed by atoms with Gasteiger partial charge in [-0.3, -0.25) is 24.0 Å². The number of aliphatic carboxylic acids is 1. The Bertz CT molecular complexity index is 1950. The Morgan fingerprint density at radius 3 is 1.65 bits per heavy atom. The van der Waals surface area contributed by atoms with Crippen LogP contribution in [0.3, 0.4) is 0 Å². The lowest BCUT2D eigenvalue weighted by Gasteiger charge is -2.44. The Hall–Kier alpha value is -3.85. The fourth-order valence-corrected chi connectivity index (χ4v) is 14.5. The van der Waals surface area contributed by atoms with Gasteiger partial charge in [-0.25, -0.2) is 0 Å². The number of ether oxygens (including phenoxy) is 4. The molecule has 296 valence electrons. The summed E-state index contributed by atoms with van der Waals surface area (Å²) in [6, 6.07) is 0. The summed E-state index contributed by atoms with van der Waals surface area (Å²) in [6.07, 6.45) is 8.12. The van der Waals surface area contributed by atoms with E-state index < -0.39 is 117 Å². The molecular weight excluding hydrogens is 716 g/mol. The summed E-state index contributed by atoms with van der Waals surface area (Å²) in [5.41, 5.74) is -6.75. The highest BCUT2D eigenvalue weighted by Gasteiger charge is 2.85. The third-order valence-electron chi connectivity index (χ3n) is 16.7. The van der Waals surface area contributed by atoms with Crippen molar-refractivity contribution in [2.24, 2.45) is 57.2 Å². The molecule has 55 heavy (non-hydrogen) atoms. The van der Waals surface area contributed by atoms with Crippen LogP contribution in [0, 0.1) is 57.2 Å². The zero-order chi connectivity index (χ0) is 39.7. The predicted octanol–water partition coefficient (Wildman–Crippen LogP) is 2.03. The quantitative estimate of drug-likeness (QED) is 0.120. The molecule has 2 heterocycles. The number of carbonyl (C=O) groups excluding carboxylic acids is 4. The minimum absolute atomic E-state index is 0.180. The average Bonchev–Trinajstić information content (AvgIpc) is 3.74. The van der Waals surface area contributed by atoms with Gasteiger partial charge in [-0.05, 0) is 99.3 Å². The molecule has 2 saturated heterocycles. The molecule has 14 heteroatoms. The first-order chi connectivity index (χ1) is 25.6. The van der Waals surface area contributed by atoms with Crippen molar-refractivity contribution in [3.63, 3.8) is 0 Å². The van der Waals surface area contributed by atoms with Crippen LogP contribution in [0.1, 0.15) is 72.1 Å². The largest absolute Gasteiger partial charge is 0.481 e. The number of fused-ring (bicyclic) bond motifs is 2. The van der Waals surface area contributed by atoms with E-state index in [2.05, 4.69) is 13.2 Å². The molecule has 14 nitrogen and oxygen atoms in total. The molecule has 6 saturated carbocycles. The Kier molecular flexibility index (Phi) is 7.19. The number of esters is 4. The van der Waals surface area contributed by atoms with Gasteiger partial charge >= 0.3 is 29.8 Å². The zero-order valence-corrected chi connectivity index (χ0v) is 31.1. The van der Waals surface area contributed by atoms with Crippen LogP contribution in [0.25, 0.3) is 0 Å². The minimum Gasteiger partial charge on any atom is -0.481 e. The number of rotatable bonds is 4. The van der Waals surface area contributed by atoms with E-state index in [1.165, 1.54) is 6.92 Å².